The van der Waals surface area contributed by atoms with E-state index in [1.807, 2.05) is 18.2 Å². The third-order valence-corrected chi connectivity index (χ3v) is 4.95. The summed E-state index contributed by atoms with van der Waals surface area (Å²) in [6.07, 6.45) is 9.72. The number of benzene rings is 1. The van der Waals surface area contributed by atoms with Gasteiger partial charge < -0.3 is 4.90 Å². The fourth-order valence-electron chi connectivity index (χ4n) is 3.37. The van der Waals surface area contributed by atoms with Gasteiger partial charge in [-0.25, -0.2) is 0 Å². The van der Waals surface area contributed by atoms with Crippen molar-refractivity contribution in [3.63, 3.8) is 0 Å². The van der Waals surface area contributed by atoms with Gasteiger partial charge in [0.1, 0.15) is 17.7 Å². The molecule has 0 bridgehead atoms. The molecule has 0 saturated carbocycles. The van der Waals surface area contributed by atoms with Gasteiger partial charge in [0.15, 0.2) is 0 Å². The van der Waals surface area contributed by atoms with Gasteiger partial charge in [0.2, 0.25) is 0 Å². The molecule has 1 aromatic carbocycles. The molecule has 0 unspecified atom stereocenters. The highest BCUT2D eigenvalue weighted by Gasteiger charge is 2.14. The lowest BCUT2D eigenvalue weighted by Gasteiger charge is -2.25. The van der Waals surface area contributed by atoms with Crippen LogP contribution in [-0.4, -0.2) is 13.1 Å². The van der Waals surface area contributed by atoms with Crippen LogP contribution in [0.5, 0.6) is 0 Å². The summed E-state index contributed by atoms with van der Waals surface area (Å²) in [5.74, 6) is 0. The number of anilines is 1. The molecule has 1 aliphatic rings. The Morgan fingerprint density at radius 2 is 1.58 bits per heavy atom. The van der Waals surface area contributed by atoms with Crippen LogP contribution < -0.4 is 4.90 Å². The Morgan fingerprint density at radius 3 is 2.12 bits per heavy atom. The van der Waals surface area contributed by atoms with Crippen LogP contribution in [0.25, 0.3) is 5.57 Å². The fourth-order valence-corrected chi connectivity index (χ4v) is 3.37. The van der Waals surface area contributed by atoms with Crippen LogP contribution in [0.4, 0.5) is 5.69 Å². The first-order valence-electron chi connectivity index (χ1n) is 9.82. The Morgan fingerprint density at radius 1 is 0.962 bits per heavy atom. The largest absolute Gasteiger partial charge is 0.372 e. The molecular formula is C23H29N3. The average molecular weight is 348 g/mol. The molecule has 26 heavy (non-hydrogen) atoms. The standard InChI is InChI=1S/C23H29N3/c1-3-5-14-26(15-6-4-2)23-12-10-19(11-13-23)20-8-7-9-21(16-20)22(17-24)18-25/h10-13,16H,3-9,14-15H2,1-2H3. The van der Waals surface area contributed by atoms with Crippen molar-refractivity contribution in [2.45, 2.75) is 58.8 Å². The number of unbranched alkanes of at least 4 members (excludes halogenated alkanes) is 2. The molecule has 0 saturated heterocycles. The van der Waals surface area contributed by atoms with Gasteiger partial charge in [-0.1, -0.05) is 44.9 Å². The summed E-state index contributed by atoms with van der Waals surface area (Å²) in [4.78, 5) is 2.49. The maximum atomic E-state index is 9.11. The minimum atomic E-state index is 0.254. The molecule has 1 aromatic rings. The van der Waals surface area contributed by atoms with E-state index >= 15 is 0 Å². The molecule has 0 amide bonds. The second kappa shape index (κ2) is 10.5. The first-order chi connectivity index (χ1) is 12.7. The number of nitriles is 2. The van der Waals surface area contributed by atoms with Gasteiger partial charge in [-0.2, -0.15) is 10.5 Å². The van der Waals surface area contributed by atoms with Crippen LogP contribution in [0.15, 0.2) is 41.5 Å². The van der Waals surface area contributed by atoms with E-state index in [1.54, 1.807) is 0 Å². The molecule has 3 nitrogen and oxygen atoms in total. The van der Waals surface area contributed by atoms with Gasteiger partial charge in [0.05, 0.1) is 0 Å². The van der Waals surface area contributed by atoms with Crippen molar-refractivity contribution in [1.82, 2.24) is 0 Å². The van der Waals surface area contributed by atoms with Crippen molar-refractivity contribution >= 4 is 11.3 Å². The summed E-state index contributed by atoms with van der Waals surface area (Å²) in [7, 11) is 0. The summed E-state index contributed by atoms with van der Waals surface area (Å²) >= 11 is 0. The van der Waals surface area contributed by atoms with E-state index < -0.39 is 0 Å². The van der Waals surface area contributed by atoms with E-state index in [2.05, 4.69) is 43.0 Å². The van der Waals surface area contributed by atoms with E-state index in [9.17, 15) is 0 Å². The summed E-state index contributed by atoms with van der Waals surface area (Å²) in [6, 6.07) is 12.9. The van der Waals surface area contributed by atoms with Crippen LogP contribution in [0.2, 0.25) is 0 Å². The quantitative estimate of drug-likeness (QED) is 0.541. The highest BCUT2D eigenvalue weighted by atomic mass is 15.1. The average Bonchev–Trinajstić information content (AvgIpc) is 2.69. The normalized spacial score (nSPS) is 13.5. The Balaban J connectivity index is 2.21. The number of allylic oxidation sites excluding steroid dienone is 4. The molecule has 0 aromatic heterocycles. The molecule has 1 aliphatic carbocycles. The van der Waals surface area contributed by atoms with Gasteiger partial charge in [-0.15, -0.1) is 0 Å². The van der Waals surface area contributed by atoms with Crippen LogP contribution >= 0.6 is 0 Å². The smallest absolute Gasteiger partial charge is 0.132 e. The lowest BCUT2D eigenvalue weighted by Crippen LogP contribution is -2.25. The zero-order valence-corrected chi connectivity index (χ0v) is 16.1. The minimum Gasteiger partial charge on any atom is -0.372 e. The zero-order chi connectivity index (χ0) is 18.8. The van der Waals surface area contributed by atoms with Crippen LogP contribution in [0.3, 0.4) is 0 Å². The van der Waals surface area contributed by atoms with Crippen LogP contribution in [0, 0.1) is 22.7 Å². The molecule has 3 heteroatoms. The molecule has 0 N–H and O–H groups in total. The fraction of sp³-hybridized carbons (Fsp3) is 0.478. The zero-order valence-electron chi connectivity index (χ0n) is 16.1. The molecule has 0 heterocycles. The Labute approximate surface area is 158 Å². The lowest BCUT2D eigenvalue weighted by atomic mass is 9.89. The number of nitrogens with zero attached hydrogens (tertiary/aromatic N) is 3. The maximum absolute atomic E-state index is 9.11. The molecule has 0 fully saturated rings. The van der Waals surface area contributed by atoms with Crippen molar-refractivity contribution in [1.29, 1.82) is 10.5 Å². The van der Waals surface area contributed by atoms with E-state index in [4.69, 9.17) is 10.5 Å². The second-order valence-electron chi connectivity index (χ2n) is 6.89. The van der Waals surface area contributed by atoms with Crippen molar-refractivity contribution in [2.75, 3.05) is 18.0 Å². The van der Waals surface area contributed by atoms with Crippen molar-refractivity contribution < 1.29 is 0 Å². The second-order valence-corrected chi connectivity index (χ2v) is 6.89. The molecular weight excluding hydrogens is 318 g/mol. The first-order valence-corrected chi connectivity index (χ1v) is 9.82. The first kappa shape index (κ1) is 19.8. The molecule has 0 atom stereocenters. The van der Waals surface area contributed by atoms with Gasteiger partial charge in [0, 0.05) is 18.8 Å². The maximum Gasteiger partial charge on any atom is 0.132 e. The summed E-state index contributed by atoms with van der Waals surface area (Å²) in [6.45, 7) is 6.69. The molecule has 0 radical (unpaired) electrons. The number of rotatable bonds is 8. The lowest BCUT2D eigenvalue weighted by molar-refractivity contribution is 0.678. The van der Waals surface area contributed by atoms with Crippen molar-refractivity contribution in [3.8, 4) is 12.1 Å². The third kappa shape index (κ3) is 5.24. The Hall–Kier alpha value is -2.52. The van der Waals surface area contributed by atoms with Gasteiger partial charge in [-0.3, -0.25) is 0 Å². The Bertz CT molecular complexity index is 702. The third-order valence-electron chi connectivity index (χ3n) is 4.95. The number of hydrogen-bond acceptors (Lipinski definition) is 3. The minimum absolute atomic E-state index is 0.254. The summed E-state index contributed by atoms with van der Waals surface area (Å²) in [5, 5.41) is 18.2. The summed E-state index contributed by atoms with van der Waals surface area (Å²) < 4.78 is 0. The van der Waals surface area contributed by atoms with Gasteiger partial charge in [0.25, 0.3) is 0 Å². The molecule has 0 spiro atoms. The number of hydrogen-bond donors (Lipinski definition) is 0. The van der Waals surface area contributed by atoms with Gasteiger partial charge in [-0.05, 0) is 60.9 Å². The van der Waals surface area contributed by atoms with Crippen LogP contribution in [-0.2, 0) is 0 Å². The van der Waals surface area contributed by atoms with E-state index in [0.29, 0.717) is 0 Å². The Kier molecular flexibility index (Phi) is 7.97. The summed E-state index contributed by atoms with van der Waals surface area (Å²) in [5.41, 5.74) is 4.86. The van der Waals surface area contributed by atoms with Crippen molar-refractivity contribution in [2.24, 2.45) is 0 Å². The topological polar surface area (TPSA) is 50.8 Å². The SMILES string of the molecule is CCCCN(CCCC)c1ccc(C2=CC(=C(C#N)C#N)CCC2)cc1. The molecule has 136 valence electrons. The van der Waals surface area contributed by atoms with E-state index in [0.717, 1.165) is 37.9 Å². The highest BCUT2D eigenvalue weighted by molar-refractivity contribution is 5.72. The predicted octanol–water partition coefficient (Wildman–Crippen LogP) is 6.00. The predicted molar refractivity (Wildman–Crippen MR) is 109 cm³/mol. The molecule has 0 aliphatic heterocycles. The van der Waals surface area contributed by atoms with Crippen molar-refractivity contribution in [3.05, 3.63) is 47.1 Å². The highest BCUT2D eigenvalue weighted by Crippen LogP contribution is 2.32. The van der Waals surface area contributed by atoms with Gasteiger partial charge >= 0.3 is 0 Å². The van der Waals surface area contributed by atoms with Crippen LogP contribution in [0.1, 0.15) is 64.4 Å². The van der Waals surface area contributed by atoms with E-state index in [1.165, 1.54) is 42.5 Å². The van der Waals surface area contributed by atoms with E-state index in [-0.39, 0.29) is 5.57 Å². The molecule has 2 rings (SSSR count). The monoisotopic (exact) mass is 347 g/mol.